The van der Waals surface area contributed by atoms with Gasteiger partial charge in [0.05, 0.1) is 0 Å². The van der Waals surface area contributed by atoms with Crippen LogP contribution in [0.3, 0.4) is 0 Å². The summed E-state index contributed by atoms with van der Waals surface area (Å²) in [6.45, 7) is 5.40. The Morgan fingerprint density at radius 3 is 2.75 bits per heavy atom. The maximum absolute atomic E-state index is 13.0. The summed E-state index contributed by atoms with van der Waals surface area (Å²) in [5, 5.41) is 3.54. The van der Waals surface area contributed by atoms with Crippen LogP contribution in [0.25, 0.3) is 0 Å². The molecule has 1 aliphatic rings. The number of halogens is 1. The van der Waals surface area contributed by atoms with E-state index in [1.54, 1.807) is 12.1 Å². The fourth-order valence-corrected chi connectivity index (χ4v) is 2.55. The normalized spacial score (nSPS) is 29.6. The van der Waals surface area contributed by atoms with E-state index in [0.717, 1.165) is 23.9 Å². The first-order valence-electron chi connectivity index (χ1n) is 6.14. The van der Waals surface area contributed by atoms with Gasteiger partial charge in [0, 0.05) is 12.6 Å². The average Bonchev–Trinajstić information content (AvgIpc) is 2.57. The predicted molar refractivity (Wildman–Crippen MR) is 64.6 cm³/mol. The molecule has 1 N–H and O–H groups in total. The van der Waals surface area contributed by atoms with Crippen molar-refractivity contribution in [3.05, 3.63) is 35.6 Å². The molecule has 3 unspecified atom stereocenters. The zero-order valence-corrected chi connectivity index (χ0v) is 10.0. The van der Waals surface area contributed by atoms with Crippen LogP contribution in [0.1, 0.15) is 32.3 Å². The molecule has 16 heavy (non-hydrogen) atoms. The van der Waals surface area contributed by atoms with Gasteiger partial charge < -0.3 is 5.32 Å². The second kappa shape index (κ2) is 4.96. The van der Waals surface area contributed by atoms with Crippen molar-refractivity contribution in [1.29, 1.82) is 0 Å². The summed E-state index contributed by atoms with van der Waals surface area (Å²) >= 11 is 0. The first-order chi connectivity index (χ1) is 7.66. The molecular weight excluding hydrogens is 201 g/mol. The van der Waals surface area contributed by atoms with Gasteiger partial charge in [-0.2, -0.15) is 0 Å². The van der Waals surface area contributed by atoms with E-state index in [1.807, 2.05) is 6.07 Å². The van der Waals surface area contributed by atoms with Crippen molar-refractivity contribution in [3.63, 3.8) is 0 Å². The number of rotatable bonds is 3. The number of hydrogen-bond acceptors (Lipinski definition) is 1. The maximum atomic E-state index is 13.0. The lowest BCUT2D eigenvalue weighted by atomic mass is 9.98. The molecule has 0 aliphatic heterocycles. The molecule has 0 bridgehead atoms. The molecule has 0 saturated heterocycles. The van der Waals surface area contributed by atoms with Gasteiger partial charge >= 0.3 is 0 Å². The van der Waals surface area contributed by atoms with Crippen LogP contribution < -0.4 is 5.32 Å². The predicted octanol–water partition coefficient (Wildman–Crippen LogP) is 3.35. The summed E-state index contributed by atoms with van der Waals surface area (Å²) in [4.78, 5) is 0. The molecule has 2 heteroatoms. The topological polar surface area (TPSA) is 12.0 Å². The van der Waals surface area contributed by atoms with Crippen molar-refractivity contribution in [2.45, 2.75) is 39.3 Å². The monoisotopic (exact) mass is 221 g/mol. The highest BCUT2D eigenvalue weighted by molar-refractivity contribution is 5.16. The van der Waals surface area contributed by atoms with Crippen LogP contribution in [0, 0.1) is 17.7 Å². The molecule has 0 aromatic heterocycles. The Bertz CT molecular complexity index is 350. The molecule has 88 valence electrons. The van der Waals surface area contributed by atoms with Crippen molar-refractivity contribution in [1.82, 2.24) is 5.32 Å². The second-order valence-electron chi connectivity index (χ2n) is 5.03. The lowest BCUT2D eigenvalue weighted by Gasteiger charge is -2.19. The molecule has 0 radical (unpaired) electrons. The van der Waals surface area contributed by atoms with Crippen molar-refractivity contribution >= 4 is 0 Å². The summed E-state index contributed by atoms with van der Waals surface area (Å²) in [5.41, 5.74) is 1.03. The van der Waals surface area contributed by atoms with Crippen molar-refractivity contribution in [3.8, 4) is 0 Å². The largest absolute Gasteiger partial charge is 0.310 e. The summed E-state index contributed by atoms with van der Waals surface area (Å²) in [6, 6.07) is 7.43. The number of benzene rings is 1. The molecular formula is C14H20FN. The van der Waals surface area contributed by atoms with Crippen LogP contribution in [0.4, 0.5) is 4.39 Å². The summed E-state index contributed by atoms with van der Waals surface area (Å²) < 4.78 is 13.0. The molecule has 1 aromatic rings. The minimum absolute atomic E-state index is 0.146. The Morgan fingerprint density at radius 2 is 2.12 bits per heavy atom. The van der Waals surface area contributed by atoms with Gasteiger partial charge in [-0.1, -0.05) is 26.0 Å². The number of nitrogens with one attached hydrogen (secondary N) is 1. The van der Waals surface area contributed by atoms with E-state index in [-0.39, 0.29) is 5.82 Å². The minimum Gasteiger partial charge on any atom is -0.310 e. The standard InChI is InChI=1S/C14H20FN/c1-10-6-7-14(11(10)2)16-9-12-4-3-5-13(15)8-12/h3-5,8,10-11,14,16H,6-7,9H2,1-2H3. The van der Waals surface area contributed by atoms with Gasteiger partial charge in [0.15, 0.2) is 0 Å². The molecule has 0 amide bonds. The molecule has 1 aromatic carbocycles. The third kappa shape index (κ3) is 2.62. The van der Waals surface area contributed by atoms with E-state index in [4.69, 9.17) is 0 Å². The van der Waals surface area contributed by atoms with Crippen molar-refractivity contribution in [2.24, 2.45) is 11.8 Å². The first-order valence-corrected chi connectivity index (χ1v) is 6.14. The SMILES string of the molecule is CC1CCC(NCc2cccc(F)c2)C1C. The van der Waals surface area contributed by atoms with Crippen LogP contribution in [-0.4, -0.2) is 6.04 Å². The number of hydrogen-bond donors (Lipinski definition) is 1. The second-order valence-corrected chi connectivity index (χ2v) is 5.03. The molecule has 0 heterocycles. The molecule has 1 nitrogen and oxygen atoms in total. The Balaban J connectivity index is 1.88. The van der Waals surface area contributed by atoms with Gasteiger partial charge in [0.1, 0.15) is 5.82 Å². The van der Waals surface area contributed by atoms with E-state index in [0.29, 0.717) is 6.04 Å². The van der Waals surface area contributed by atoms with Gasteiger partial charge in [-0.3, -0.25) is 0 Å². The van der Waals surface area contributed by atoms with Crippen LogP contribution in [0.5, 0.6) is 0 Å². The quantitative estimate of drug-likeness (QED) is 0.825. The third-order valence-corrected chi connectivity index (χ3v) is 3.92. The molecule has 1 fully saturated rings. The lowest BCUT2D eigenvalue weighted by molar-refractivity contribution is 0.369. The fraction of sp³-hybridized carbons (Fsp3) is 0.571. The summed E-state index contributed by atoms with van der Waals surface area (Å²) in [6.07, 6.45) is 2.56. The molecule has 1 saturated carbocycles. The van der Waals surface area contributed by atoms with Crippen LogP contribution in [-0.2, 0) is 6.54 Å². The Kier molecular flexibility index (Phi) is 3.59. The van der Waals surface area contributed by atoms with E-state index in [9.17, 15) is 4.39 Å². The lowest BCUT2D eigenvalue weighted by Crippen LogP contribution is -2.31. The Morgan fingerprint density at radius 1 is 1.31 bits per heavy atom. The highest BCUT2D eigenvalue weighted by atomic mass is 19.1. The first kappa shape index (κ1) is 11.6. The summed E-state index contributed by atoms with van der Waals surface area (Å²) in [7, 11) is 0. The van der Waals surface area contributed by atoms with E-state index >= 15 is 0 Å². The van der Waals surface area contributed by atoms with Gasteiger partial charge in [0.2, 0.25) is 0 Å². The highest BCUT2D eigenvalue weighted by Crippen LogP contribution is 2.31. The third-order valence-electron chi connectivity index (χ3n) is 3.92. The minimum atomic E-state index is -0.146. The smallest absolute Gasteiger partial charge is 0.123 e. The molecule has 0 spiro atoms. The van der Waals surface area contributed by atoms with Crippen molar-refractivity contribution in [2.75, 3.05) is 0 Å². The maximum Gasteiger partial charge on any atom is 0.123 e. The Labute approximate surface area is 97.1 Å². The van der Waals surface area contributed by atoms with Gasteiger partial charge in [-0.15, -0.1) is 0 Å². The molecule has 3 atom stereocenters. The fourth-order valence-electron chi connectivity index (χ4n) is 2.55. The van der Waals surface area contributed by atoms with Crippen LogP contribution in [0.2, 0.25) is 0 Å². The van der Waals surface area contributed by atoms with Crippen LogP contribution in [0.15, 0.2) is 24.3 Å². The van der Waals surface area contributed by atoms with Gasteiger partial charge in [-0.05, 0) is 42.4 Å². The zero-order chi connectivity index (χ0) is 11.5. The van der Waals surface area contributed by atoms with E-state index in [2.05, 4.69) is 19.2 Å². The van der Waals surface area contributed by atoms with E-state index in [1.165, 1.54) is 18.9 Å². The molecule has 1 aliphatic carbocycles. The zero-order valence-electron chi connectivity index (χ0n) is 10.0. The Hall–Kier alpha value is -0.890. The van der Waals surface area contributed by atoms with Gasteiger partial charge in [-0.25, -0.2) is 4.39 Å². The van der Waals surface area contributed by atoms with Gasteiger partial charge in [0.25, 0.3) is 0 Å². The highest BCUT2D eigenvalue weighted by Gasteiger charge is 2.28. The van der Waals surface area contributed by atoms with Crippen molar-refractivity contribution < 1.29 is 4.39 Å². The average molecular weight is 221 g/mol. The summed E-state index contributed by atoms with van der Waals surface area (Å²) in [5.74, 6) is 1.39. The van der Waals surface area contributed by atoms with Crippen LogP contribution >= 0.6 is 0 Å². The molecule has 2 rings (SSSR count). The van der Waals surface area contributed by atoms with E-state index < -0.39 is 0 Å².